The average Bonchev–Trinajstić information content (AvgIpc) is 2.28. The monoisotopic (exact) mass is 241 g/mol. The van der Waals surface area contributed by atoms with Crippen LogP contribution in [0.1, 0.15) is 28.4 Å². The van der Waals surface area contributed by atoms with E-state index in [0.29, 0.717) is 0 Å². The van der Waals surface area contributed by atoms with Gasteiger partial charge in [-0.3, -0.25) is 0 Å². The average molecular weight is 241 g/mol. The maximum atomic E-state index is 10.7. The number of rotatable bonds is 5. The van der Waals surface area contributed by atoms with Gasteiger partial charge in [-0.2, -0.15) is 0 Å². The number of aliphatic hydroxyl groups is 2. The summed E-state index contributed by atoms with van der Waals surface area (Å²) in [5.74, 6) is -1.20. The van der Waals surface area contributed by atoms with Crippen LogP contribution in [0.5, 0.6) is 0 Å². The Bertz CT molecular complexity index is 411. The van der Waals surface area contributed by atoms with Crippen molar-refractivity contribution in [1.29, 1.82) is 0 Å². The fraction of sp³-hybridized carbons (Fsp3) is 0.400. The third kappa shape index (κ3) is 3.13. The van der Waals surface area contributed by atoms with Crippen LogP contribution in [0, 0.1) is 0 Å². The minimum absolute atomic E-state index is 0.0152. The highest BCUT2D eigenvalue weighted by atomic mass is 16.4. The van der Waals surface area contributed by atoms with E-state index in [1.54, 1.807) is 0 Å². The van der Waals surface area contributed by atoms with Gasteiger partial charge in [0.1, 0.15) is 11.9 Å². The van der Waals surface area contributed by atoms with E-state index in [1.807, 2.05) is 0 Å². The lowest BCUT2D eigenvalue weighted by Crippen LogP contribution is -2.23. The van der Waals surface area contributed by atoms with Gasteiger partial charge in [-0.05, 0) is 19.0 Å². The number of nitrogen functional groups attached to an aromatic ring is 1. The second-order valence-electron chi connectivity index (χ2n) is 3.59. The molecule has 1 aromatic heterocycles. The number of carboxylic acid groups (broad SMARTS) is 1. The minimum Gasteiger partial charge on any atom is -0.478 e. The number of anilines is 1. The van der Waals surface area contributed by atoms with E-state index in [2.05, 4.69) is 4.98 Å². The molecule has 0 aromatic carbocycles. The molecule has 1 heterocycles. The molecule has 7 N–H and O–H groups in total. The lowest BCUT2D eigenvalue weighted by molar-refractivity contribution is 0.0152. The Balaban J connectivity index is 3.03. The molecule has 0 fully saturated rings. The standard InChI is InChI=1S/C10H15N3O4/c11-2-1-7(14)8(15)6-3-5(10(16)17)4-13-9(6)12/h3-4,7-8,14-15H,1-2,11H2,(H2,12,13)(H,16,17). The smallest absolute Gasteiger partial charge is 0.337 e. The third-order valence-corrected chi connectivity index (χ3v) is 2.34. The van der Waals surface area contributed by atoms with E-state index in [9.17, 15) is 15.0 Å². The van der Waals surface area contributed by atoms with Gasteiger partial charge in [0.05, 0.1) is 11.7 Å². The van der Waals surface area contributed by atoms with Gasteiger partial charge >= 0.3 is 5.97 Å². The number of nitrogens with two attached hydrogens (primary N) is 2. The fourth-order valence-corrected chi connectivity index (χ4v) is 1.38. The molecule has 0 amide bonds. The quantitative estimate of drug-likeness (QED) is 0.449. The van der Waals surface area contributed by atoms with Crippen molar-refractivity contribution in [3.8, 4) is 0 Å². The van der Waals surface area contributed by atoms with Gasteiger partial charge in [0.2, 0.25) is 0 Å². The number of pyridine rings is 1. The zero-order valence-electron chi connectivity index (χ0n) is 9.08. The lowest BCUT2D eigenvalue weighted by atomic mass is 10.0. The molecule has 7 heteroatoms. The van der Waals surface area contributed by atoms with Crippen LogP contribution in [0.4, 0.5) is 5.82 Å². The second-order valence-corrected chi connectivity index (χ2v) is 3.59. The van der Waals surface area contributed by atoms with Crippen molar-refractivity contribution < 1.29 is 20.1 Å². The molecule has 0 bridgehead atoms. The van der Waals surface area contributed by atoms with E-state index in [0.717, 1.165) is 6.20 Å². The number of aliphatic hydroxyl groups excluding tert-OH is 2. The van der Waals surface area contributed by atoms with Crippen molar-refractivity contribution in [2.75, 3.05) is 12.3 Å². The van der Waals surface area contributed by atoms with Crippen LogP contribution in [0.15, 0.2) is 12.3 Å². The largest absolute Gasteiger partial charge is 0.478 e. The molecule has 2 unspecified atom stereocenters. The summed E-state index contributed by atoms with van der Waals surface area (Å²) in [7, 11) is 0. The first-order valence-corrected chi connectivity index (χ1v) is 5.02. The molecule has 2 atom stereocenters. The SMILES string of the molecule is NCCC(O)C(O)c1cc(C(=O)O)cnc1N. The first-order valence-electron chi connectivity index (χ1n) is 5.02. The first kappa shape index (κ1) is 13.4. The van der Waals surface area contributed by atoms with Crippen molar-refractivity contribution in [2.45, 2.75) is 18.6 Å². The van der Waals surface area contributed by atoms with Gasteiger partial charge in [0, 0.05) is 11.8 Å². The zero-order valence-corrected chi connectivity index (χ0v) is 9.08. The van der Waals surface area contributed by atoms with E-state index in [1.165, 1.54) is 6.07 Å². The number of aromatic nitrogens is 1. The molecular formula is C10H15N3O4. The summed E-state index contributed by atoms with van der Waals surface area (Å²) >= 11 is 0. The highest BCUT2D eigenvalue weighted by Gasteiger charge is 2.21. The Labute approximate surface area is 97.7 Å². The maximum absolute atomic E-state index is 10.7. The van der Waals surface area contributed by atoms with Gasteiger partial charge in [-0.25, -0.2) is 9.78 Å². The van der Waals surface area contributed by atoms with E-state index in [-0.39, 0.29) is 29.9 Å². The Morgan fingerprint density at radius 3 is 2.65 bits per heavy atom. The van der Waals surface area contributed by atoms with Gasteiger partial charge in [-0.1, -0.05) is 0 Å². The first-order chi connectivity index (χ1) is 7.97. The normalized spacial score (nSPS) is 14.3. The molecule has 0 saturated heterocycles. The van der Waals surface area contributed by atoms with Crippen LogP contribution >= 0.6 is 0 Å². The molecule has 0 aliphatic heterocycles. The summed E-state index contributed by atoms with van der Waals surface area (Å²) in [6, 6.07) is 1.19. The van der Waals surface area contributed by atoms with E-state index >= 15 is 0 Å². The second kappa shape index (κ2) is 5.58. The van der Waals surface area contributed by atoms with E-state index < -0.39 is 18.2 Å². The highest BCUT2D eigenvalue weighted by Crippen LogP contribution is 2.23. The number of carboxylic acids is 1. The Morgan fingerprint density at radius 2 is 2.12 bits per heavy atom. The molecule has 1 rings (SSSR count). The van der Waals surface area contributed by atoms with Crippen LogP contribution in [-0.2, 0) is 0 Å². The van der Waals surface area contributed by atoms with Gasteiger partial charge in [-0.15, -0.1) is 0 Å². The summed E-state index contributed by atoms with van der Waals surface area (Å²) in [6.07, 6.45) is -1.14. The fourth-order valence-electron chi connectivity index (χ4n) is 1.38. The summed E-state index contributed by atoms with van der Waals surface area (Å²) in [5, 5.41) is 28.1. The predicted octanol–water partition coefficient (Wildman–Crippen LogP) is -0.895. The van der Waals surface area contributed by atoms with Gasteiger partial charge in [0.15, 0.2) is 0 Å². The van der Waals surface area contributed by atoms with Crippen molar-refractivity contribution >= 4 is 11.8 Å². The lowest BCUT2D eigenvalue weighted by Gasteiger charge is -2.18. The van der Waals surface area contributed by atoms with Gasteiger partial charge < -0.3 is 26.8 Å². The number of hydrogen-bond donors (Lipinski definition) is 5. The molecular weight excluding hydrogens is 226 g/mol. The number of carbonyl (C=O) groups is 1. The van der Waals surface area contributed by atoms with Crippen LogP contribution in [0.25, 0.3) is 0 Å². The maximum Gasteiger partial charge on any atom is 0.337 e. The molecule has 1 aromatic rings. The molecule has 7 nitrogen and oxygen atoms in total. The Hall–Kier alpha value is -1.70. The molecule has 0 aliphatic rings. The molecule has 0 aliphatic carbocycles. The van der Waals surface area contributed by atoms with Crippen LogP contribution < -0.4 is 11.5 Å². The van der Waals surface area contributed by atoms with Crippen LogP contribution in [0.3, 0.4) is 0 Å². The summed E-state index contributed by atoms with van der Waals surface area (Å²) in [4.78, 5) is 14.4. The topological polar surface area (TPSA) is 143 Å². The summed E-state index contributed by atoms with van der Waals surface area (Å²) in [5.41, 5.74) is 10.8. The van der Waals surface area contributed by atoms with Crippen molar-refractivity contribution in [1.82, 2.24) is 4.98 Å². The molecule has 0 radical (unpaired) electrons. The van der Waals surface area contributed by atoms with Crippen LogP contribution in [0.2, 0.25) is 0 Å². The summed E-state index contributed by atoms with van der Waals surface area (Å²) < 4.78 is 0. The van der Waals surface area contributed by atoms with Crippen LogP contribution in [-0.4, -0.2) is 38.9 Å². The number of nitrogens with zero attached hydrogens (tertiary/aromatic N) is 1. The molecule has 17 heavy (non-hydrogen) atoms. The predicted molar refractivity (Wildman–Crippen MR) is 60.2 cm³/mol. The highest BCUT2D eigenvalue weighted by molar-refractivity contribution is 5.87. The number of hydrogen-bond acceptors (Lipinski definition) is 6. The third-order valence-electron chi connectivity index (χ3n) is 2.34. The summed E-state index contributed by atoms with van der Waals surface area (Å²) in [6.45, 7) is 0.199. The van der Waals surface area contributed by atoms with E-state index in [4.69, 9.17) is 16.6 Å². The Morgan fingerprint density at radius 1 is 1.47 bits per heavy atom. The molecule has 94 valence electrons. The molecule has 0 spiro atoms. The van der Waals surface area contributed by atoms with Crippen molar-refractivity contribution in [3.05, 3.63) is 23.4 Å². The zero-order chi connectivity index (χ0) is 13.0. The molecule has 0 saturated carbocycles. The van der Waals surface area contributed by atoms with Gasteiger partial charge in [0.25, 0.3) is 0 Å². The van der Waals surface area contributed by atoms with Crippen molar-refractivity contribution in [3.63, 3.8) is 0 Å². The van der Waals surface area contributed by atoms with Crippen molar-refractivity contribution in [2.24, 2.45) is 5.73 Å². The number of aromatic carboxylic acids is 1. The minimum atomic E-state index is -1.30. The Kier molecular flexibility index (Phi) is 4.38.